The molecule has 1 atom stereocenters. The molecule has 0 saturated heterocycles. The van der Waals surface area contributed by atoms with E-state index in [0.717, 1.165) is 41.5 Å². The molecule has 6 heteroatoms. The van der Waals surface area contributed by atoms with Gasteiger partial charge >= 0.3 is 0 Å². The Balaban J connectivity index is 1.53. The van der Waals surface area contributed by atoms with Gasteiger partial charge in [-0.1, -0.05) is 49.6 Å². The molecule has 3 aromatic rings. The summed E-state index contributed by atoms with van der Waals surface area (Å²) in [5, 5.41) is 6.40. The summed E-state index contributed by atoms with van der Waals surface area (Å²) in [7, 11) is 0. The van der Waals surface area contributed by atoms with Crippen molar-refractivity contribution in [3.63, 3.8) is 0 Å². The molecule has 156 valence electrons. The largest absolute Gasteiger partial charge is 0.351 e. The molecule has 1 saturated carbocycles. The molecule has 0 radical (unpaired) electrons. The van der Waals surface area contributed by atoms with Crippen molar-refractivity contribution < 1.29 is 9.59 Å². The quantitative estimate of drug-likeness (QED) is 0.671. The van der Waals surface area contributed by atoms with Crippen LogP contribution in [-0.4, -0.2) is 32.9 Å². The zero-order valence-corrected chi connectivity index (χ0v) is 18.1. The molecule has 5 rings (SSSR count). The molecule has 0 unspecified atom stereocenters. The predicted octanol–water partition coefficient (Wildman–Crippen LogP) is 4.57. The lowest BCUT2D eigenvalue weighted by Crippen LogP contribution is -2.64. The molecule has 2 aromatic heterocycles. The van der Waals surface area contributed by atoms with Crippen LogP contribution in [0, 0.1) is 0 Å². The molecule has 1 aromatic carbocycles. The summed E-state index contributed by atoms with van der Waals surface area (Å²) in [6, 6.07) is 14.2. The van der Waals surface area contributed by atoms with E-state index in [-0.39, 0.29) is 17.9 Å². The number of nitrogens with zero attached hydrogens (tertiary/aromatic N) is 2. The van der Waals surface area contributed by atoms with Crippen LogP contribution in [0.4, 0.5) is 0 Å². The third-order valence-corrected chi connectivity index (χ3v) is 7.59. The minimum atomic E-state index is -0.937. The average molecular weight is 422 g/mol. The number of fused-ring (bicyclic) bond motifs is 3. The monoisotopic (exact) mass is 421 g/mol. The maximum atomic E-state index is 13.6. The summed E-state index contributed by atoms with van der Waals surface area (Å²) in [5.74, 6) is -0.113. The highest BCUT2D eigenvalue weighted by molar-refractivity contribution is 7.16. The first kappa shape index (κ1) is 19.4. The van der Waals surface area contributed by atoms with E-state index in [1.54, 1.807) is 16.2 Å². The second-order valence-electron chi connectivity index (χ2n) is 8.76. The number of rotatable bonds is 4. The Morgan fingerprint density at radius 1 is 1.17 bits per heavy atom. The fourth-order valence-corrected chi connectivity index (χ4v) is 5.76. The first-order valence-electron chi connectivity index (χ1n) is 10.8. The van der Waals surface area contributed by atoms with Crippen molar-refractivity contribution >= 4 is 33.4 Å². The number of aromatic nitrogens is 1. The van der Waals surface area contributed by atoms with Crippen molar-refractivity contribution in [2.75, 3.05) is 0 Å². The fourth-order valence-electron chi connectivity index (χ4n) is 4.86. The summed E-state index contributed by atoms with van der Waals surface area (Å²) >= 11 is 1.62. The van der Waals surface area contributed by atoms with Crippen LogP contribution < -0.4 is 5.32 Å². The van der Waals surface area contributed by atoms with Crippen molar-refractivity contribution in [1.29, 1.82) is 0 Å². The van der Waals surface area contributed by atoms with Crippen LogP contribution in [0.5, 0.6) is 0 Å². The number of carbonyl (C=O) groups excluding carboxylic acids is 2. The zero-order chi connectivity index (χ0) is 20.7. The van der Waals surface area contributed by atoms with E-state index < -0.39 is 5.54 Å². The maximum absolute atomic E-state index is 13.6. The first-order chi connectivity index (χ1) is 14.6. The topological polar surface area (TPSA) is 54.3 Å². The summed E-state index contributed by atoms with van der Waals surface area (Å²) < 4.78 is 2.05. The summed E-state index contributed by atoms with van der Waals surface area (Å²) in [6.07, 6.45) is 5.61. The van der Waals surface area contributed by atoms with Gasteiger partial charge in [-0.05, 0) is 42.8 Å². The van der Waals surface area contributed by atoms with E-state index in [4.69, 9.17) is 0 Å². The molecule has 1 aliphatic heterocycles. The highest BCUT2D eigenvalue weighted by Crippen LogP contribution is 2.35. The second kappa shape index (κ2) is 7.58. The van der Waals surface area contributed by atoms with Gasteiger partial charge in [-0.2, -0.15) is 0 Å². The third-order valence-electron chi connectivity index (χ3n) is 6.64. The lowest BCUT2D eigenvalue weighted by Gasteiger charge is -2.44. The molecule has 2 aliphatic rings. The number of hydrogen-bond donors (Lipinski definition) is 1. The molecule has 1 N–H and O–H groups in total. The second-order valence-corrected chi connectivity index (χ2v) is 9.65. The first-order valence-corrected chi connectivity index (χ1v) is 11.7. The Morgan fingerprint density at radius 3 is 2.70 bits per heavy atom. The average Bonchev–Trinajstić information content (AvgIpc) is 3.35. The van der Waals surface area contributed by atoms with Crippen LogP contribution in [0.2, 0.25) is 0 Å². The minimum Gasteiger partial charge on any atom is -0.351 e. The third kappa shape index (κ3) is 3.23. The number of carbonyl (C=O) groups is 2. The van der Waals surface area contributed by atoms with E-state index >= 15 is 0 Å². The van der Waals surface area contributed by atoms with Crippen molar-refractivity contribution in [3.8, 4) is 0 Å². The van der Waals surface area contributed by atoms with E-state index in [9.17, 15) is 9.59 Å². The summed E-state index contributed by atoms with van der Waals surface area (Å²) in [6.45, 7) is 2.82. The van der Waals surface area contributed by atoms with Gasteiger partial charge in [0.2, 0.25) is 5.91 Å². The molecule has 1 aliphatic carbocycles. The van der Waals surface area contributed by atoms with Gasteiger partial charge in [0, 0.05) is 18.0 Å². The maximum Gasteiger partial charge on any atom is 0.271 e. The minimum absolute atomic E-state index is 0.0391. The van der Waals surface area contributed by atoms with Crippen LogP contribution in [0.1, 0.15) is 55.1 Å². The molecular weight excluding hydrogens is 394 g/mol. The Hall–Kier alpha value is -2.60. The lowest BCUT2D eigenvalue weighted by atomic mass is 9.91. The number of benzene rings is 1. The van der Waals surface area contributed by atoms with Crippen LogP contribution in [0.25, 0.3) is 10.2 Å². The van der Waals surface area contributed by atoms with Gasteiger partial charge in [0.1, 0.15) is 16.1 Å². The zero-order valence-electron chi connectivity index (χ0n) is 17.3. The van der Waals surface area contributed by atoms with E-state index in [1.165, 1.54) is 6.42 Å². The van der Waals surface area contributed by atoms with Gasteiger partial charge in [0.25, 0.3) is 5.91 Å². The van der Waals surface area contributed by atoms with Gasteiger partial charge in [-0.3, -0.25) is 9.59 Å². The standard InChI is InChI=1S/C24H27N3O2S/c1-24(23(29)25-19-10-6-3-7-11-19)16-26-20(14-18-12-13-30-22(18)26)21(28)27(24)15-17-8-4-2-5-9-17/h2,4-5,8-9,12-14,19H,3,6-7,10-11,15-16H2,1H3,(H,25,29)/t24-/m0/s1. The van der Waals surface area contributed by atoms with Crippen LogP contribution in [0.3, 0.4) is 0 Å². The normalized spacial score (nSPS) is 22.3. The van der Waals surface area contributed by atoms with E-state index in [0.29, 0.717) is 18.8 Å². The van der Waals surface area contributed by atoms with E-state index in [1.807, 2.05) is 59.3 Å². The highest BCUT2D eigenvalue weighted by atomic mass is 32.1. The number of amides is 2. The van der Waals surface area contributed by atoms with Crippen LogP contribution >= 0.6 is 11.3 Å². The van der Waals surface area contributed by atoms with Crippen molar-refractivity contribution in [2.45, 2.75) is 63.7 Å². The van der Waals surface area contributed by atoms with Crippen molar-refractivity contribution in [2.24, 2.45) is 0 Å². The van der Waals surface area contributed by atoms with Gasteiger partial charge in [-0.25, -0.2) is 0 Å². The highest BCUT2D eigenvalue weighted by Gasteiger charge is 2.48. The molecule has 2 amide bonds. The van der Waals surface area contributed by atoms with Crippen LogP contribution in [0.15, 0.2) is 47.8 Å². The lowest BCUT2D eigenvalue weighted by molar-refractivity contribution is -0.134. The molecule has 30 heavy (non-hydrogen) atoms. The Labute approximate surface area is 180 Å². The SMILES string of the molecule is C[C@@]1(C(=O)NC2CCCCC2)Cn2c(cc3ccsc32)C(=O)N1Cc1ccccc1. The Bertz CT molecular complexity index is 1080. The Morgan fingerprint density at radius 2 is 1.93 bits per heavy atom. The van der Waals surface area contributed by atoms with Crippen LogP contribution in [-0.2, 0) is 17.9 Å². The van der Waals surface area contributed by atoms with Crippen molar-refractivity contribution in [3.05, 3.63) is 59.1 Å². The molecular formula is C24H27N3O2S. The molecule has 0 bridgehead atoms. The fraction of sp³-hybridized carbons (Fsp3) is 0.417. The molecule has 0 spiro atoms. The number of hydrogen-bond acceptors (Lipinski definition) is 3. The van der Waals surface area contributed by atoms with Gasteiger partial charge in [0.15, 0.2) is 0 Å². The smallest absolute Gasteiger partial charge is 0.271 e. The van der Waals surface area contributed by atoms with E-state index in [2.05, 4.69) is 5.32 Å². The predicted molar refractivity (Wildman–Crippen MR) is 120 cm³/mol. The number of thiophene rings is 1. The Kier molecular flexibility index (Phi) is 4.89. The molecule has 5 nitrogen and oxygen atoms in total. The molecule has 3 heterocycles. The van der Waals surface area contributed by atoms with Crippen molar-refractivity contribution in [1.82, 2.24) is 14.8 Å². The van der Waals surface area contributed by atoms with Gasteiger partial charge in [0.05, 0.1) is 6.54 Å². The molecule has 1 fully saturated rings. The van der Waals surface area contributed by atoms with Gasteiger partial charge < -0.3 is 14.8 Å². The van der Waals surface area contributed by atoms with Gasteiger partial charge in [-0.15, -0.1) is 11.3 Å². The number of nitrogens with one attached hydrogen (secondary N) is 1. The summed E-state index contributed by atoms with van der Waals surface area (Å²) in [5.41, 5.74) is 0.771. The summed E-state index contributed by atoms with van der Waals surface area (Å²) in [4.78, 5) is 30.1.